The molecule has 6 nitrogen and oxygen atoms in total. The van der Waals surface area contributed by atoms with Gasteiger partial charge in [0.05, 0.1) is 15.8 Å². The summed E-state index contributed by atoms with van der Waals surface area (Å²) in [6, 6.07) is 8.04. The Morgan fingerprint density at radius 3 is 2.76 bits per heavy atom. The number of halogens is 1. The van der Waals surface area contributed by atoms with Gasteiger partial charge in [0.15, 0.2) is 0 Å². The number of benzene rings is 1. The third kappa shape index (κ3) is 3.79. The number of nitrogens with one attached hydrogen (secondary N) is 2. The molecule has 0 spiro atoms. The lowest BCUT2D eigenvalue weighted by atomic mass is 9.86. The molecule has 4 rings (SSSR count). The highest BCUT2D eigenvalue weighted by Gasteiger charge is 2.43. The van der Waals surface area contributed by atoms with E-state index in [2.05, 4.69) is 35.5 Å². The van der Waals surface area contributed by atoms with Gasteiger partial charge in [-0.25, -0.2) is 9.97 Å². The summed E-state index contributed by atoms with van der Waals surface area (Å²) in [4.78, 5) is 14.0. The highest BCUT2D eigenvalue weighted by Crippen LogP contribution is 2.45. The van der Waals surface area contributed by atoms with Gasteiger partial charge in [-0.3, -0.25) is 0 Å². The fourth-order valence-electron chi connectivity index (χ4n) is 4.11. The number of aromatic nitrogens is 3. The van der Waals surface area contributed by atoms with Crippen molar-refractivity contribution < 1.29 is 5.11 Å². The van der Waals surface area contributed by atoms with Crippen LogP contribution in [0.25, 0.3) is 20.8 Å². The van der Waals surface area contributed by atoms with Gasteiger partial charge in [0, 0.05) is 18.7 Å². The van der Waals surface area contributed by atoms with Gasteiger partial charge < -0.3 is 15.7 Å². The van der Waals surface area contributed by atoms with E-state index >= 15 is 0 Å². The summed E-state index contributed by atoms with van der Waals surface area (Å²) < 4.78 is 1.10. The lowest BCUT2D eigenvalue weighted by molar-refractivity contribution is 0.187. The average molecular weight is 432 g/mol. The maximum atomic E-state index is 9.71. The van der Waals surface area contributed by atoms with Crippen molar-refractivity contribution in [3.05, 3.63) is 29.4 Å². The molecule has 8 heteroatoms. The minimum Gasteiger partial charge on any atom is -0.396 e. The highest BCUT2D eigenvalue weighted by molar-refractivity contribution is 7.21. The molecule has 2 heterocycles. The third-order valence-corrected chi connectivity index (χ3v) is 7.42. The van der Waals surface area contributed by atoms with E-state index in [-0.39, 0.29) is 18.1 Å². The number of hydrogen-bond donors (Lipinski definition) is 3. The number of para-hydroxylation sites is 1. The average Bonchev–Trinajstić information content (AvgIpc) is 3.23. The molecule has 3 atom stereocenters. The van der Waals surface area contributed by atoms with Crippen LogP contribution in [-0.2, 0) is 0 Å². The molecule has 3 unspecified atom stereocenters. The van der Waals surface area contributed by atoms with Crippen LogP contribution in [-0.4, -0.2) is 38.7 Å². The van der Waals surface area contributed by atoms with Gasteiger partial charge in [-0.1, -0.05) is 30.7 Å². The van der Waals surface area contributed by atoms with Crippen LogP contribution in [0.4, 0.5) is 11.8 Å². The Kier molecular flexibility index (Phi) is 5.64. The summed E-state index contributed by atoms with van der Waals surface area (Å²) >= 11 is 8.24. The molecule has 0 aliphatic heterocycles. The predicted octanol–water partition coefficient (Wildman–Crippen LogP) is 5.05. The van der Waals surface area contributed by atoms with E-state index < -0.39 is 0 Å². The topological polar surface area (TPSA) is 83.0 Å². The molecule has 1 aromatic carbocycles. The molecule has 1 saturated carbocycles. The summed E-state index contributed by atoms with van der Waals surface area (Å²) in [5, 5.41) is 17.7. The van der Waals surface area contributed by atoms with Gasteiger partial charge in [0.1, 0.15) is 16.0 Å². The van der Waals surface area contributed by atoms with Crippen molar-refractivity contribution in [1.29, 1.82) is 0 Å². The molecule has 0 saturated heterocycles. The zero-order valence-corrected chi connectivity index (χ0v) is 18.4. The van der Waals surface area contributed by atoms with Crippen molar-refractivity contribution >= 4 is 44.9 Å². The first-order valence-corrected chi connectivity index (χ1v) is 11.2. The van der Waals surface area contributed by atoms with Crippen molar-refractivity contribution in [2.45, 2.75) is 39.2 Å². The summed E-state index contributed by atoms with van der Waals surface area (Å²) in [7, 11) is 0. The van der Waals surface area contributed by atoms with E-state index in [0.717, 1.165) is 33.6 Å². The van der Waals surface area contributed by atoms with Gasteiger partial charge in [-0.2, -0.15) is 4.98 Å². The Balaban J connectivity index is 1.80. The quantitative estimate of drug-likeness (QED) is 0.474. The van der Waals surface area contributed by atoms with Gasteiger partial charge in [0.2, 0.25) is 5.95 Å². The Morgan fingerprint density at radius 1 is 1.28 bits per heavy atom. The van der Waals surface area contributed by atoms with Crippen LogP contribution in [0.15, 0.2) is 24.3 Å². The third-order valence-electron chi connectivity index (χ3n) is 6.09. The van der Waals surface area contributed by atoms with Crippen LogP contribution in [0.3, 0.4) is 0 Å². The van der Waals surface area contributed by atoms with Crippen LogP contribution in [0.5, 0.6) is 0 Å². The molecule has 1 aliphatic rings. The first-order chi connectivity index (χ1) is 13.9. The van der Waals surface area contributed by atoms with Gasteiger partial charge in [0.25, 0.3) is 0 Å². The number of fused-ring (bicyclic) bond motifs is 1. The summed E-state index contributed by atoms with van der Waals surface area (Å²) in [5.41, 5.74) is 1.47. The molecule has 3 aromatic rings. The Labute approximate surface area is 179 Å². The maximum absolute atomic E-state index is 9.71. The predicted molar refractivity (Wildman–Crippen MR) is 121 cm³/mol. The fraction of sp³-hybridized carbons (Fsp3) is 0.476. The molecule has 154 valence electrons. The molecule has 1 fully saturated rings. The first kappa shape index (κ1) is 20.3. The highest BCUT2D eigenvalue weighted by atomic mass is 35.5. The maximum Gasteiger partial charge on any atom is 0.226 e. The number of thiazole rings is 1. The van der Waals surface area contributed by atoms with Crippen LogP contribution in [0.1, 0.15) is 33.6 Å². The Bertz CT molecular complexity index is 992. The standard InChI is InChI=1S/C21H26ClN5OS/c1-4-23-20-25-17(22)16(19-24-14-7-5-6-8-15(14)29-19)18(26-20)27-21(3)10-9-13(11-28)12(21)2/h5-8,12-13,28H,4,9-11H2,1-3H3,(H2,23,25,26,27). The van der Waals surface area contributed by atoms with Crippen LogP contribution in [0, 0.1) is 11.8 Å². The Hall–Kier alpha value is -1.96. The molecule has 0 radical (unpaired) electrons. The van der Waals surface area contributed by atoms with Crippen molar-refractivity contribution in [2.24, 2.45) is 11.8 Å². The fourth-order valence-corrected chi connectivity index (χ4v) is 5.44. The number of anilines is 2. The molecule has 2 aromatic heterocycles. The summed E-state index contributed by atoms with van der Waals surface area (Å²) in [6.07, 6.45) is 1.94. The summed E-state index contributed by atoms with van der Waals surface area (Å²) in [6.45, 7) is 7.29. The second-order valence-electron chi connectivity index (χ2n) is 7.89. The molecule has 0 amide bonds. The second-order valence-corrected chi connectivity index (χ2v) is 9.28. The number of aliphatic hydroxyl groups is 1. The monoisotopic (exact) mass is 431 g/mol. The zero-order valence-electron chi connectivity index (χ0n) is 16.9. The van der Waals surface area contributed by atoms with Crippen LogP contribution in [0.2, 0.25) is 5.15 Å². The Morgan fingerprint density at radius 2 is 2.07 bits per heavy atom. The minimum atomic E-state index is -0.194. The van der Waals surface area contributed by atoms with E-state index in [4.69, 9.17) is 21.6 Å². The van der Waals surface area contributed by atoms with E-state index in [1.165, 1.54) is 0 Å². The number of rotatable bonds is 6. The lowest BCUT2D eigenvalue weighted by Crippen LogP contribution is -2.40. The number of hydrogen-bond acceptors (Lipinski definition) is 7. The largest absolute Gasteiger partial charge is 0.396 e. The second kappa shape index (κ2) is 8.05. The molecule has 29 heavy (non-hydrogen) atoms. The molecule has 3 N–H and O–H groups in total. The van der Waals surface area contributed by atoms with Gasteiger partial charge >= 0.3 is 0 Å². The van der Waals surface area contributed by atoms with Crippen LogP contribution >= 0.6 is 22.9 Å². The lowest BCUT2D eigenvalue weighted by Gasteiger charge is -2.33. The van der Waals surface area contributed by atoms with Crippen molar-refractivity contribution in [1.82, 2.24) is 15.0 Å². The van der Waals surface area contributed by atoms with E-state index in [0.29, 0.717) is 29.4 Å². The first-order valence-electron chi connectivity index (χ1n) is 10.0. The minimum absolute atomic E-state index is 0.194. The van der Waals surface area contributed by atoms with Gasteiger partial charge in [-0.05, 0) is 50.7 Å². The number of aliphatic hydroxyl groups excluding tert-OH is 1. The zero-order chi connectivity index (χ0) is 20.6. The molecule has 0 bridgehead atoms. The molecular formula is C21H26ClN5OS. The normalized spacial score (nSPS) is 24.2. The van der Waals surface area contributed by atoms with Crippen molar-refractivity contribution in [2.75, 3.05) is 23.8 Å². The SMILES string of the molecule is CCNc1nc(Cl)c(-c2nc3ccccc3s2)c(NC2(C)CCC(CO)C2C)n1. The van der Waals surface area contributed by atoms with E-state index in [1.54, 1.807) is 11.3 Å². The van der Waals surface area contributed by atoms with Crippen molar-refractivity contribution in [3.63, 3.8) is 0 Å². The smallest absolute Gasteiger partial charge is 0.226 e. The van der Waals surface area contributed by atoms with Crippen LogP contribution < -0.4 is 10.6 Å². The van der Waals surface area contributed by atoms with E-state index in [1.807, 2.05) is 25.1 Å². The number of nitrogens with zero attached hydrogens (tertiary/aromatic N) is 3. The molecular weight excluding hydrogens is 406 g/mol. The van der Waals surface area contributed by atoms with Gasteiger partial charge in [-0.15, -0.1) is 11.3 Å². The van der Waals surface area contributed by atoms with Crippen molar-refractivity contribution in [3.8, 4) is 10.6 Å². The van der Waals surface area contributed by atoms with E-state index in [9.17, 15) is 5.11 Å². The molecule has 1 aliphatic carbocycles. The summed E-state index contributed by atoms with van der Waals surface area (Å²) in [5.74, 6) is 1.77.